The molecule has 50 heavy (non-hydrogen) atoms. The third-order valence-electron chi connectivity index (χ3n) is 9.13. The summed E-state index contributed by atoms with van der Waals surface area (Å²) < 4.78 is 53.2. The Bertz CT molecular complexity index is 1920. The van der Waals surface area contributed by atoms with E-state index >= 15 is 0 Å². The number of hydrogen-bond donors (Lipinski definition) is 3. The van der Waals surface area contributed by atoms with Crippen LogP contribution in [0.5, 0.6) is 17.5 Å². The van der Waals surface area contributed by atoms with Crippen LogP contribution in [0.15, 0.2) is 37.1 Å². The highest BCUT2D eigenvalue weighted by molar-refractivity contribution is 7.91. The molecule has 18 heteroatoms. The van der Waals surface area contributed by atoms with Gasteiger partial charge >= 0.3 is 0 Å². The monoisotopic (exact) mass is 747 g/mol. The third kappa shape index (κ3) is 7.03. The first-order chi connectivity index (χ1) is 23.9. The number of carbonyl (C=O) groups excluding carboxylic acids is 3. The summed E-state index contributed by atoms with van der Waals surface area (Å²) >= 11 is 7.25. The summed E-state index contributed by atoms with van der Waals surface area (Å²) in [6.07, 6.45) is 3.78. The van der Waals surface area contributed by atoms with Crippen molar-refractivity contribution in [3.63, 3.8) is 0 Å². The van der Waals surface area contributed by atoms with Crippen LogP contribution in [0.2, 0.25) is 5.02 Å². The number of likely N-dealkylation sites (tertiary alicyclic amines) is 1. The molecular weight excluding hydrogens is 710 g/mol. The first-order valence-corrected chi connectivity index (χ1v) is 18.9. The molecular formula is C32H38ClN7O8S2. The zero-order chi connectivity index (χ0) is 35.8. The van der Waals surface area contributed by atoms with Crippen molar-refractivity contribution in [1.82, 2.24) is 28.7 Å². The Morgan fingerprint density at radius 2 is 1.98 bits per heavy atom. The van der Waals surface area contributed by atoms with Crippen LogP contribution in [0.3, 0.4) is 0 Å². The van der Waals surface area contributed by atoms with E-state index in [1.165, 1.54) is 24.3 Å². The van der Waals surface area contributed by atoms with Gasteiger partial charge in [0.1, 0.15) is 29.5 Å². The first kappa shape index (κ1) is 35.6. The van der Waals surface area contributed by atoms with Gasteiger partial charge in [-0.15, -0.1) is 11.0 Å². The van der Waals surface area contributed by atoms with Crippen LogP contribution in [0.25, 0.3) is 10.8 Å². The second-order valence-corrected chi connectivity index (χ2v) is 15.4. The highest BCUT2D eigenvalue weighted by Gasteiger charge is 2.62. The number of sulfonamides is 1. The summed E-state index contributed by atoms with van der Waals surface area (Å²) in [6.45, 7) is 7.73. The topological polar surface area (TPSA) is 191 Å². The van der Waals surface area contributed by atoms with Crippen LogP contribution in [0.1, 0.15) is 46.0 Å². The van der Waals surface area contributed by atoms with E-state index in [4.69, 9.17) is 25.8 Å². The number of carbonyl (C=O) groups is 3. The van der Waals surface area contributed by atoms with Gasteiger partial charge in [-0.3, -0.25) is 19.1 Å². The van der Waals surface area contributed by atoms with Gasteiger partial charge in [0.25, 0.3) is 11.8 Å². The summed E-state index contributed by atoms with van der Waals surface area (Å²) in [4.78, 5) is 47.7. The standard InChI is InChI=1S/C32H38ClN7O8S2/c1-5-17-14-32(17,31(43)39-50(44,45)20-9-10-20)36-27(41)24-13-19(48-28-22-12-18(33)8-11-21(22)25(46-4)15-34-28)16-40(24)30(42)23(6-2)35-26-29(47-7-3)38-49-37-26/h5,8,11-12,15,17,19-20,23-24H,1,6-7,9-10,13-14,16H2,2-4H3,(H,35,37)(H,36,41)(H,39,43)/t17-,19-,23?,24+,32-/m1/s1. The lowest BCUT2D eigenvalue weighted by Crippen LogP contribution is -2.57. The molecule has 3 heterocycles. The number of methoxy groups -OCH3 is 1. The molecule has 3 N–H and O–H groups in total. The van der Waals surface area contributed by atoms with Gasteiger partial charge in [0.15, 0.2) is 0 Å². The molecule has 3 aliphatic rings. The molecule has 3 aromatic rings. The minimum atomic E-state index is -3.88. The number of benzene rings is 1. The summed E-state index contributed by atoms with van der Waals surface area (Å²) in [6, 6.07) is 3.28. The average Bonchev–Trinajstić information content (AvgIpc) is 3.99. The van der Waals surface area contributed by atoms with Gasteiger partial charge in [0, 0.05) is 28.1 Å². The van der Waals surface area contributed by atoms with Crippen molar-refractivity contribution in [3.05, 3.63) is 42.1 Å². The normalized spacial score (nSPS) is 23.5. The van der Waals surface area contributed by atoms with Crippen LogP contribution < -0.4 is 29.6 Å². The Hall–Kier alpha value is -4.22. The highest BCUT2D eigenvalue weighted by atomic mass is 35.5. The lowest BCUT2D eigenvalue weighted by atomic mass is 10.1. The van der Waals surface area contributed by atoms with Crippen molar-refractivity contribution < 1.29 is 37.0 Å². The lowest BCUT2D eigenvalue weighted by Gasteiger charge is -2.29. The molecule has 15 nitrogen and oxygen atoms in total. The van der Waals surface area contributed by atoms with Crippen molar-refractivity contribution in [2.24, 2.45) is 5.92 Å². The van der Waals surface area contributed by atoms with Gasteiger partial charge < -0.3 is 29.7 Å². The Morgan fingerprint density at radius 1 is 1.20 bits per heavy atom. The molecule has 0 bridgehead atoms. The van der Waals surface area contributed by atoms with E-state index in [9.17, 15) is 22.8 Å². The molecule has 3 amide bonds. The number of aromatic nitrogens is 3. The molecule has 2 aliphatic carbocycles. The van der Waals surface area contributed by atoms with Crippen molar-refractivity contribution in [3.8, 4) is 17.5 Å². The van der Waals surface area contributed by atoms with Crippen molar-refractivity contribution >= 4 is 67.7 Å². The van der Waals surface area contributed by atoms with Crippen molar-refractivity contribution in [1.29, 1.82) is 0 Å². The maximum atomic E-state index is 14.2. The Morgan fingerprint density at radius 3 is 2.64 bits per heavy atom. The molecule has 1 unspecified atom stereocenters. The van der Waals surface area contributed by atoms with E-state index in [0.29, 0.717) is 53.2 Å². The smallest absolute Gasteiger partial charge is 0.270 e. The van der Waals surface area contributed by atoms with Gasteiger partial charge in [-0.2, -0.15) is 4.37 Å². The number of halogens is 1. The molecule has 2 aromatic heterocycles. The predicted octanol–water partition coefficient (Wildman–Crippen LogP) is 3.06. The van der Waals surface area contributed by atoms with Crippen molar-refractivity contribution in [2.45, 2.75) is 74.9 Å². The van der Waals surface area contributed by atoms with E-state index in [1.807, 2.05) is 6.92 Å². The maximum absolute atomic E-state index is 14.2. The lowest BCUT2D eigenvalue weighted by molar-refractivity contribution is -0.140. The summed E-state index contributed by atoms with van der Waals surface area (Å²) in [5.41, 5.74) is -1.53. The number of nitrogens with one attached hydrogen (secondary N) is 3. The molecule has 1 saturated heterocycles. The number of rotatable bonds is 15. The molecule has 3 fully saturated rings. The van der Waals surface area contributed by atoms with E-state index in [2.05, 4.69) is 35.7 Å². The van der Waals surface area contributed by atoms with Gasteiger partial charge in [0.2, 0.25) is 33.5 Å². The largest absolute Gasteiger partial charge is 0.494 e. The predicted molar refractivity (Wildman–Crippen MR) is 186 cm³/mol. The van der Waals surface area contributed by atoms with Gasteiger partial charge in [0.05, 0.1) is 43.4 Å². The molecule has 1 aromatic carbocycles. The van der Waals surface area contributed by atoms with Crippen LogP contribution in [0.4, 0.5) is 5.82 Å². The highest BCUT2D eigenvalue weighted by Crippen LogP contribution is 2.45. The zero-order valence-electron chi connectivity index (χ0n) is 27.7. The van der Waals surface area contributed by atoms with Crippen LogP contribution >= 0.6 is 23.3 Å². The number of anilines is 1. The Kier molecular flexibility index (Phi) is 10.1. The van der Waals surface area contributed by atoms with Crippen LogP contribution in [0, 0.1) is 5.92 Å². The fourth-order valence-electron chi connectivity index (χ4n) is 6.18. The average molecular weight is 748 g/mol. The second kappa shape index (κ2) is 14.2. The SMILES string of the molecule is C=C[C@@H]1C[C@]1(NC(=O)[C@@H]1C[C@@H](Oc2ncc(OC)c3ccc(Cl)cc23)CN1C(=O)C(CC)Nc1nsnc1OCC)C(=O)NS(=O)(=O)C1CC1. The van der Waals surface area contributed by atoms with Crippen molar-refractivity contribution in [2.75, 3.05) is 25.6 Å². The van der Waals surface area contributed by atoms with E-state index in [1.54, 1.807) is 25.1 Å². The van der Waals surface area contributed by atoms with E-state index in [-0.39, 0.29) is 31.1 Å². The molecule has 0 spiro atoms. The van der Waals surface area contributed by atoms with Crippen LogP contribution in [-0.4, -0.2) is 94.0 Å². The minimum Gasteiger partial charge on any atom is -0.494 e. The van der Waals surface area contributed by atoms with Gasteiger partial charge in [-0.05, 0) is 50.8 Å². The Labute approximate surface area is 298 Å². The molecule has 6 rings (SSSR count). The number of pyridine rings is 1. The second-order valence-electron chi connectivity index (χ2n) is 12.4. The molecule has 1 aliphatic heterocycles. The molecule has 268 valence electrons. The maximum Gasteiger partial charge on any atom is 0.270 e. The van der Waals surface area contributed by atoms with Gasteiger partial charge in [-0.25, -0.2) is 13.4 Å². The van der Waals surface area contributed by atoms with E-state index in [0.717, 1.165) is 11.7 Å². The number of nitrogens with zero attached hydrogens (tertiary/aromatic N) is 4. The Balaban J connectivity index is 1.28. The number of hydrogen-bond acceptors (Lipinski definition) is 13. The number of amides is 3. The van der Waals surface area contributed by atoms with Gasteiger partial charge in [-0.1, -0.05) is 24.6 Å². The zero-order valence-corrected chi connectivity index (χ0v) is 30.1. The molecule has 5 atom stereocenters. The summed E-state index contributed by atoms with van der Waals surface area (Å²) in [7, 11) is -2.36. The molecule has 0 radical (unpaired) electrons. The van der Waals surface area contributed by atoms with E-state index < -0.39 is 62.6 Å². The first-order valence-electron chi connectivity index (χ1n) is 16.3. The summed E-state index contributed by atoms with van der Waals surface area (Å²) in [5, 5.41) is 7.00. The number of ether oxygens (including phenoxy) is 3. The molecule has 2 saturated carbocycles. The minimum absolute atomic E-state index is 0.00135. The number of fused-ring (bicyclic) bond motifs is 1. The fourth-order valence-corrected chi connectivity index (χ4v) is 8.18. The fraction of sp³-hybridized carbons (Fsp3) is 0.500. The quantitative estimate of drug-likeness (QED) is 0.193. The third-order valence-corrected chi connectivity index (χ3v) is 11.7. The van der Waals surface area contributed by atoms with Crippen LogP contribution in [-0.2, 0) is 24.4 Å². The summed E-state index contributed by atoms with van der Waals surface area (Å²) in [5.74, 6) is -1.08.